The van der Waals surface area contributed by atoms with Crippen LogP contribution in [0.3, 0.4) is 0 Å². The number of carbonyl (C=O) groups excluding carboxylic acids is 2. The van der Waals surface area contributed by atoms with Crippen molar-refractivity contribution in [2.75, 3.05) is 13.7 Å². The number of carbonyl (C=O) groups is 2. The largest absolute Gasteiger partial charge is 0.449 e. The average molecular weight is 236 g/mol. The Hall–Kier alpha value is -2.04. The Morgan fingerprint density at radius 1 is 1.29 bits per heavy atom. The van der Waals surface area contributed by atoms with Crippen LogP contribution in [0.4, 0.5) is 9.59 Å². The normalized spacial score (nSPS) is 9.71. The van der Waals surface area contributed by atoms with E-state index in [9.17, 15) is 9.59 Å². The van der Waals surface area contributed by atoms with Crippen LogP contribution in [0, 0.1) is 0 Å². The van der Waals surface area contributed by atoms with Gasteiger partial charge in [-0.15, -0.1) is 0 Å². The standard InChI is InChI=1S/C12H16N2O3/c1-14(11(13)15)12(16)17-9-5-8-10-6-3-2-4-7-10/h2-4,6-7H,5,8-9H2,1H3,(H2,13,15). The van der Waals surface area contributed by atoms with Gasteiger partial charge in [0.2, 0.25) is 0 Å². The van der Waals surface area contributed by atoms with E-state index in [-0.39, 0.29) is 6.61 Å². The highest BCUT2D eigenvalue weighted by molar-refractivity contribution is 5.89. The Morgan fingerprint density at radius 2 is 1.94 bits per heavy atom. The molecule has 0 atom stereocenters. The van der Waals surface area contributed by atoms with E-state index in [1.165, 1.54) is 12.6 Å². The summed E-state index contributed by atoms with van der Waals surface area (Å²) in [6.07, 6.45) is 0.821. The van der Waals surface area contributed by atoms with Crippen LogP contribution < -0.4 is 5.73 Å². The van der Waals surface area contributed by atoms with Gasteiger partial charge >= 0.3 is 12.1 Å². The minimum absolute atomic E-state index is 0.269. The SMILES string of the molecule is CN(C(N)=O)C(=O)OCCCc1ccccc1. The molecule has 0 aliphatic rings. The van der Waals surface area contributed by atoms with Crippen LogP contribution in [0.15, 0.2) is 30.3 Å². The van der Waals surface area contributed by atoms with E-state index in [0.29, 0.717) is 6.42 Å². The predicted molar refractivity (Wildman–Crippen MR) is 63.5 cm³/mol. The summed E-state index contributed by atoms with van der Waals surface area (Å²) in [4.78, 5) is 22.6. The van der Waals surface area contributed by atoms with Gasteiger partial charge in [0, 0.05) is 7.05 Å². The number of hydrogen-bond donors (Lipinski definition) is 1. The maximum atomic E-state index is 11.2. The first kappa shape index (κ1) is 13.0. The van der Waals surface area contributed by atoms with Crippen LogP contribution in [-0.2, 0) is 11.2 Å². The van der Waals surface area contributed by atoms with E-state index in [0.717, 1.165) is 11.3 Å². The van der Waals surface area contributed by atoms with Crippen LogP contribution in [0.5, 0.6) is 0 Å². The molecule has 3 amide bonds. The lowest BCUT2D eigenvalue weighted by Crippen LogP contribution is -2.37. The molecule has 1 aromatic carbocycles. The molecule has 92 valence electrons. The van der Waals surface area contributed by atoms with Gasteiger partial charge in [-0.1, -0.05) is 30.3 Å². The molecule has 1 rings (SSSR count). The summed E-state index contributed by atoms with van der Waals surface area (Å²) < 4.78 is 4.87. The Balaban J connectivity index is 2.21. The van der Waals surface area contributed by atoms with Crippen molar-refractivity contribution in [2.24, 2.45) is 5.73 Å². The van der Waals surface area contributed by atoms with Crippen molar-refractivity contribution < 1.29 is 14.3 Å². The summed E-state index contributed by atoms with van der Waals surface area (Å²) >= 11 is 0. The molecule has 0 aromatic heterocycles. The zero-order valence-electron chi connectivity index (χ0n) is 9.76. The maximum Gasteiger partial charge on any atom is 0.417 e. The van der Waals surface area contributed by atoms with Gasteiger partial charge in [-0.25, -0.2) is 14.5 Å². The second-order valence-electron chi connectivity index (χ2n) is 3.60. The molecule has 2 N–H and O–H groups in total. The third-order valence-corrected chi connectivity index (χ3v) is 2.28. The van der Waals surface area contributed by atoms with Gasteiger partial charge < -0.3 is 10.5 Å². The van der Waals surface area contributed by atoms with Crippen LogP contribution >= 0.6 is 0 Å². The van der Waals surface area contributed by atoms with Crippen molar-refractivity contribution in [3.8, 4) is 0 Å². The second-order valence-corrected chi connectivity index (χ2v) is 3.60. The van der Waals surface area contributed by atoms with Crippen molar-refractivity contribution in [1.82, 2.24) is 4.90 Å². The summed E-state index contributed by atoms with van der Waals surface area (Å²) in [5, 5.41) is 0. The Bertz CT molecular complexity index is 379. The molecule has 0 unspecified atom stereocenters. The topological polar surface area (TPSA) is 72.6 Å². The molecule has 1 aromatic rings. The van der Waals surface area contributed by atoms with Gasteiger partial charge in [0.25, 0.3) is 0 Å². The van der Waals surface area contributed by atoms with E-state index in [2.05, 4.69) is 0 Å². The molecule has 0 aliphatic carbocycles. The smallest absolute Gasteiger partial charge is 0.417 e. The number of amides is 3. The second kappa shape index (κ2) is 6.52. The number of nitrogens with two attached hydrogens (primary N) is 1. The van der Waals surface area contributed by atoms with Gasteiger partial charge in [-0.05, 0) is 18.4 Å². The van der Waals surface area contributed by atoms with Crippen molar-refractivity contribution >= 4 is 12.1 Å². The number of ether oxygens (including phenoxy) is 1. The zero-order chi connectivity index (χ0) is 12.7. The highest BCUT2D eigenvalue weighted by atomic mass is 16.6. The lowest BCUT2D eigenvalue weighted by molar-refractivity contribution is 0.117. The van der Waals surface area contributed by atoms with E-state index < -0.39 is 12.1 Å². The van der Waals surface area contributed by atoms with Crippen LogP contribution in [0.2, 0.25) is 0 Å². The molecular formula is C12H16N2O3. The fourth-order valence-electron chi connectivity index (χ4n) is 1.27. The zero-order valence-corrected chi connectivity index (χ0v) is 9.76. The van der Waals surface area contributed by atoms with Crippen LogP contribution in [-0.4, -0.2) is 30.7 Å². The molecule has 5 heteroatoms. The molecule has 17 heavy (non-hydrogen) atoms. The molecule has 0 saturated heterocycles. The molecule has 0 saturated carbocycles. The minimum atomic E-state index is -0.821. The third-order valence-electron chi connectivity index (χ3n) is 2.28. The van der Waals surface area contributed by atoms with Crippen LogP contribution in [0.1, 0.15) is 12.0 Å². The summed E-state index contributed by atoms with van der Waals surface area (Å²) in [7, 11) is 1.28. The molecule has 0 radical (unpaired) electrons. The summed E-state index contributed by atoms with van der Waals surface area (Å²) in [6, 6.07) is 9.07. The van der Waals surface area contributed by atoms with E-state index in [1.54, 1.807) is 0 Å². The number of rotatable bonds is 4. The fraction of sp³-hybridized carbons (Fsp3) is 0.333. The number of primary amides is 1. The Morgan fingerprint density at radius 3 is 2.53 bits per heavy atom. The Kier molecular flexibility index (Phi) is 5.00. The first-order valence-corrected chi connectivity index (χ1v) is 5.35. The average Bonchev–Trinajstić information content (AvgIpc) is 2.34. The predicted octanol–water partition coefficient (Wildman–Crippen LogP) is 1.77. The van der Waals surface area contributed by atoms with Gasteiger partial charge in [0.15, 0.2) is 0 Å². The number of nitrogens with zero attached hydrogens (tertiary/aromatic N) is 1. The van der Waals surface area contributed by atoms with Crippen molar-refractivity contribution in [2.45, 2.75) is 12.8 Å². The quantitative estimate of drug-likeness (QED) is 0.810. The number of benzene rings is 1. The van der Waals surface area contributed by atoms with Gasteiger partial charge in [0.1, 0.15) is 0 Å². The number of urea groups is 1. The first-order valence-electron chi connectivity index (χ1n) is 5.35. The fourth-order valence-corrected chi connectivity index (χ4v) is 1.27. The molecule has 0 bridgehead atoms. The first-order chi connectivity index (χ1) is 8.11. The number of imide groups is 1. The number of aryl methyl sites for hydroxylation is 1. The van der Waals surface area contributed by atoms with E-state index in [1.807, 2.05) is 30.3 Å². The molecule has 0 spiro atoms. The number of hydrogen-bond acceptors (Lipinski definition) is 3. The van der Waals surface area contributed by atoms with Crippen molar-refractivity contribution in [1.29, 1.82) is 0 Å². The lowest BCUT2D eigenvalue weighted by Gasteiger charge is -2.12. The van der Waals surface area contributed by atoms with Gasteiger partial charge in [0.05, 0.1) is 6.61 Å². The summed E-state index contributed by atoms with van der Waals surface area (Å²) in [5.74, 6) is 0. The van der Waals surface area contributed by atoms with Crippen molar-refractivity contribution in [3.05, 3.63) is 35.9 Å². The summed E-state index contributed by atoms with van der Waals surface area (Å²) in [6.45, 7) is 0.269. The monoisotopic (exact) mass is 236 g/mol. The minimum Gasteiger partial charge on any atom is -0.449 e. The van der Waals surface area contributed by atoms with E-state index >= 15 is 0 Å². The van der Waals surface area contributed by atoms with E-state index in [4.69, 9.17) is 10.5 Å². The molecule has 5 nitrogen and oxygen atoms in total. The van der Waals surface area contributed by atoms with Crippen molar-refractivity contribution in [3.63, 3.8) is 0 Å². The lowest BCUT2D eigenvalue weighted by atomic mass is 10.1. The van der Waals surface area contributed by atoms with Gasteiger partial charge in [-0.3, -0.25) is 0 Å². The molecule has 0 heterocycles. The highest BCUT2D eigenvalue weighted by Crippen LogP contribution is 2.02. The Labute approximate surface area is 100 Å². The molecule has 0 fully saturated rings. The molecule has 0 aliphatic heterocycles. The van der Waals surface area contributed by atoms with Gasteiger partial charge in [-0.2, -0.15) is 0 Å². The molecular weight excluding hydrogens is 220 g/mol. The highest BCUT2D eigenvalue weighted by Gasteiger charge is 2.14. The summed E-state index contributed by atoms with van der Waals surface area (Å²) in [5.41, 5.74) is 6.11. The maximum absolute atomic E-state index is 11.2. The van der Waals surface area contributed by atoms with Crippen LogP contribution in [0.25, 0.3) is 0 Å². The third kappa shape index (κ3) is 4.55.